The molecule has 0 N–H and O–H groups in total. The lowest BCUT2D eigenvalue weighted by Crippen LogP contribution is -1.88. The van der Waals surface area contributed by atoms with Gasteiger partial charge in [-0.3, -0.25) is 4.40 Å². The van der Waals surface area contributed by atoms with Crippen molar-refractivity contribution in [3.05, 3.63) is 84.6 Å². The number of pyridine rings is 1. The van der Waals surface area contributed by atoms with Gasteiger partial charge in [0.05, 0.1) is 22.8 Å². The van der Waals surface area contributed by atoms with Gasteiger partial charge in [-0.1, -0.05) is 36.4 Å². The molecule has 4 rings (SSSR count). The number of aromatic nitrogens is 2. The first kappa shape index (κ1) is 13.3. The van der Waals surface area contributed by atoms with E-state index in [1.807, 2.05) is 60.8 Å². The van der Waals surface area contributed by atoms with Gasteiger partial charge < -0.3 is 0 Å². The first-order chi connectivity index (χ1) is 11.4. The van der Waals surface area contributed by atoms with E-state index >= 15 is 0 Å². The molecule has 0 fully saturated rings. The molecule has 0 radical (unpaired) electrons. The molecule has 4 aromatic rings. The number of imidazole rings is 1. The van der Waals surface area contributed by atoms with Crippen molar-refractivity contribution < 1.29 is 0 Å². The van der Waals surface area contributed by atoms with Gasteiger partial charge in [-0.25, -0.2) is 4.98 Å². The van der Waals surface area contributed by atoms with E-state index in [-0.39, 0.29) is 0 Å². The first-order valence-electron chi connectivity index (χ1n) is 7.40. The van der Waals surface area contributed by atoms with E-state index in [1.54, 1.807) is 0 Å². The summed E-state index contributed by atoms with van der Waals surface area (Å²) in [5.41, 5.74) is 4.77. The lowest BCUT2D eigenvalue weighted by atomic mass is 10.1. The Morgan fingerprint density at radius 2 is 1.52 bits per heavy atom. The van der Waals surface area contributed by atoms with Crippen LogP contribution in [0.3, 0.4) is 0 Å². The van der Waals surface area contributed by atoms with E-state index < -0.39 is 0 Å². The van der Waals surface area contributed by atoms with Gasteiger partial charge in [0, 0.05) is 17.3 Å². The quantitative estimate of drug-likeness (QED) is 0.544. The summed E-state index contributed by atoms with van der Waals surface area (Å²) in [7, 11) is 0. The Bertz CT molecular complexity index is 1010. The van der Waals surface area contributed by atoms with Crippen molar-refractivity contribution in [1.29, 1.82) is 5.26 Å². The Morgan fingerprint density at radius 1 is 0.783 bits per heavy atom. The minimum Gasteiger partial charge on any atom is -0.299 e. The van der Waals surface area contributed by atoms with Crippen LogP contribution in [0.25, 0.3) is 28.2 Å². The minimum absolute atomic E-state index is 0.651. The predicted octanol–water partition coefficient (Wildman–Crippen LogP) is 4.54. The Kier molecular flexibility index (Phi) is 3.14. The second-order valence-corrected chi connectivity index (χ2v) is 5.30. The Labute approximate surface area is 134 Å². The zero-order chi connectivity index (χ0) is 15.6. The van der Waals surface area contributed by atoms with Crippen LogP contribution in [-0.4, -0.2) is 9.38 Å². The van der Waals surface area contributed by atoms with Gasteiger partial charge in [0.25, 0.3) is 0 Å². The maximum absolute atomic E-state index is 8.95. The van der Waals surface area contributed by atoms with Crippen LogP contribution in [0.2, 0.25) is 0 Å². The molecule has 0 atom stereocenters. The lowest BCUT2D eigenvalue weighted by Gasteiger charge is -2.01. The summed E-state index contributed by atoms with van der Waals surface area (Å²) in [4.78, 5) is 4.87. The molecule has 0 saturated carbocycles. The average molecular weight is 295 g/mol. The Morgan fingerprint density at radius 3 is 2.26 bits per heavy atom. The van der Waals surface area contributed by atoms with Gasteiger partial charge in [-0.2, -0.15) is 5.26 Å². The van der Waals surface area contributed by atoms with Gasteiger partial charge in [0.2, 0.25) is 0 Å². The molecule has 0 amide bonds. The molecule has 23 heavy (non-hydrogen) atoms. The summed E-state index contributed by atoms with van der Waals surface area (Å²) in [6.07, 6.45) is 2.02. The molecule has 0 unspecified atom stereocenters. The van der Waals surface area contributed by atoms with Gasteiger partial charge in [0.15, 0.2) is 0 Å². The lowest BCUT2D eigenvalue weighted by molar-refractivity contribution is 1.16. The van der Waals surface area contributed by atoms with Gasteiger partial charge >= 0.3 is 0 Å². The fourth-order valence-corrected chi connectivity index (χ4v) is 2.74. The predicted molar refractivity (Wildman–Crippen MR) is 90.8 cm³/mol. The highest BCUT2D eigenvalue weighted by molar-refractivity contribution is 5.81. The third-order valence-electron chi connectivity index (χ3n) is 3.87. The molecule has 0 bridgehead atoms. The molecule has 0 aliphatic rings. The normalized spacial score (nSPS) is 10.6. The number of benzene rings is 2. The summed E-state index contributed by atoms with van der Waals surface area (Å²) in [5.74, 6) is 0.879. The minimum atomic E-state index is 0.651. The third-order valence-corrected chi connectivity index (χ3v) is 3.87. The van der Waals surface area contributed by atoms with Crippen LogP contribution in [0, 0.1) is 11.3 Å². The summed E-state index contributed by atoms with van der Waals surface area (Å²) in [5, 5.41) is 8.95. The molecule has 0 aliphatic heterocycles. The molecule has 108 valence electrons. The zero-order valence-electron chi connectivity index (χ0n) is 12.3. The van der Waals surface area contributed by atoms with E-state index in [0.717, 1.165) is 28.2 Å². The topological polar surface area (TPSA) is 41.1 Å². The highest BCUT2D eigenvalue weighted by Gasteiger charge is 2.13. The Hall–Kier alpha value is -3.38. The van der Waals surface area contributed by atoms with Crippen molar-refractivity contribution in [2.45, 2.75) is 0 Å². The van der Waals surface area contributed by atoms with Crippen LogP contribution in [0.4, 0.5) is 0 Å². The van der Waals surface area contributed by atoms with Gasteiger partial charge in [0.1, 0.15) is 5.82 Å². The zero-order valence-corrected chi connectivity index (χ0v) is 12.3. The second kappa shape index (κ2) is 5.43. The first-order valence-corrected chi connectivity index (χ1v) is 7.40. The SMILES string of the molecule is N#Cc1ccc(-c2nc(-c3ccccc3)c3ccccn23)cc1. The maximum atomic E-state index is 8.95. The molecule has 0 saturated heterocycles. The monoisotopic (exact) mass is 295 g/mol. The standard InChI is InChI=1S/C20H13N3/c21-14-15-9-11-17(12-10-15)20-22-19(16-6-2-1-3-7-16)18-8-4-5-13-23(18)20/h1-13H. The van der Waals surface area contributed by atoms with Crippen LogP contribution >= 0.6 is 0 Å². The summed E-state index contributed by atoms with van der Waals surface area (Å²) >= 11 is 0. The summed E-state index contributed by atoms with van der Waals surface area (Å²) in [6, 6.07) is 25.9. The number of hydrogen-bond acceptors (Lipinski definition) is 2. The molecule has 2 heterocycles. The van der Waals surface area contributed by atoms with E-state index in [0.29, 0.717) is 5.56 Å². The fourth-order valence-electron chi connectivity index (χ4n) is 2.74. The smallest absolute Gasteiger partial charge is 0.145 e. The highest BCUT2D eigenvalue weighted by atomic mass is 15.0. The van der Waals surface area contributed by atoms with Crippen molar-refractivity contribution in [2.75, 3.05) is 0 Å². The molecule has 0 aliphatic carbocycles. The van der Waals surface area contributed by atoms with Crippen LogP contribution in [-0.2, 0) is 0 Å². The number of fused-ring (bicyclic) bond motifs is 1. The van der Waals surface area contributed by atoms with Crippen LogP contribution in [0.5, 0.6) is 0 Å². The average Bonchev–Trinajstić information content (AvgIpc) is 3.02. The molecular formula is C20H13N3. The molecule has 2 aromatic carbocycles. The molecule has 3 nitrogen and oxygen atoms in total. The molecular weight excluding hydrogens is 282 g/mol. The van der Waals surface area contributed by atoms with E-state index in [2.05, 4.69) is 28.7 Å². The van der Waals surface area contributed by atoms with Crippen LogP contribution < -0.4 is 0 Å². The molecule has 0 spiro atoms. The number of nitrogens with zero attached hydrogens (tertiary/aromatic N) is 3. The number of hydrogen-bond donors (Lipinski definition) is 0. The van der Waals surface area contributed by atoms with E-state index in [9.17, 15) is 0 Å². The van der Waals surface area contributed by atoms with E-state index in [1.165, 1.54) is 0 Å². The van der Waals surface area contributed by atoms with Crippen molar-refractivity contribution in [2.24, 2.45) is 0 Å². The van der Waals surface area contributed by atoms with Crippen LogP contribution in [0.15, 0.2) is 79.0 Å². The third kappa shape index (κ3) is 2.27. The fraction of sp³-hybridized carbons (Fsp3) is 0. The molecule has 2 aromatic heterocycles. The largest absolute Gasteiger partial charge is 0.299 e. The van der Waals surface area contributed by atoms with Gasteiger partial charge in [-0.05, 0) is 36.4 Å². The highest BCUT2D eigenvalue weighted by Crippen LogP contribution is 2.29. The summed E-state index contributed by atoms with van der Waals surface area (Å²) in [6.45, 7) is 0. The van der Waals surface area contributed by atoms with Crippen molar-refractivity contribution >= 4 is 5.52 Å². The van der Waals surface area contributed by atoms with Crippen molar-refractivity contribution in [3.63, 3.8) is 0 Å². The van der Waals surface area contributed by atoms with Crippen LogP contribution in [0.1, 0.15) is 5.56 Å². The molecule has 3 heteroatoms. The Balaban J connectivity index is 1.96. The van der Waals surface area contributed by atoms with E-state index in [4.69, 9.17) is 10.2 Å². The van der Waals surface area contributed by atoms with Gasteiger partial charge in [-0.15, -0.1) is 0 Å². The summed E-state index contributed by atoms with van der Waals surface area (Å²) < 4.78 is 2.09. The van der Waals surface area contributed by atoms with Crippen molar-refractivity contribution in [1.82, 2.24) is 9.38 Å². The van der Waals surface area contributed by atoms with Crippen molar-refractivity contribution in [3.8, 4) is 28.7 Å². The number of rotatable bonds is 2. The number of nitriles is 1. The maximum Gasteiger partial charge on any atom is 0.145 e. The second-order valence-electron chi connectivity index (χ2n) is 5.30.